The zero-order valence-corrected chi connectivity index (χ0v) is 15.1. The fourth-order valence-electron chi connectivity index (χ4n) is 3.17. The minimum absolute atomic E-state index is 0.128. The molecule has 1 amide bonds. The van der Waals surface area contributed by atoms with Crippen molar-refractivity contribution < 1.29 is 23.9 Å². The van der Waals surface area contributed by atoms with Gasteiger partial charge in [0.25, 0.3) is 5.91 Å². The number of hydrogen-bond donors (Lipinski definition) is 2. The van der Waals surface area contributed by atoms with Gasteiger partial charge in [0.2, 0.25) is 5.88 Å². The molecule has 0 spiro atoms. The van der Waals surface area contributed by atoms with Gasteiger partial charge in [-0.15, -0.1) is 0 Å². The van der Waals surface area contributed by atoms with Crippen molar-refractivity contribution in [2.24, 2.45) is 5.92 Å². The number of carbonyl (C=O) groups excluding carboxylic acids is 1. The summed E-state index contributed by atoms with van der Waals surface area (Å²) in [6.45, 7) is 1.99. The molecule has 1 unspecified atom stereocenters. The van der Waals surface area contributed by atoms with Crippen LogP contribution in [0.2, 0.25) is 0 Å². The highest BCUT2D eigenvalue weighted by molar-refractivity contribution is 5.94. The largest absolute Gasteiger partial charge is 0.481 e. The van der Waals surface area contributed by atoms with Crippen LogP contribution in [0.3, 0.4) is 0 Å². The Morgan fingerprint density at radius 1 is 1.42 bits per heavy atom. The summed E-state index contributed by atoms with van der Waals surface area (Å²) >= 11 is 0. The molecule has 1 aliphatic rings. The highest BCUT2D eigenvalue weighted by Crippen LogP contribution is 2.38. The van der Waals surface area contributed by atoms with Gasteiger partial charge in [-0.05, 0) is 31.2 Å². The number of aliphatic hydroxyl groups is 1. The Morgan fingerprint density at radius 3 is 2.77 bits per heavy atom. The van der Waals surface area contributed by atoms with E-state index in [9.17, 15) is 9.90 Å². The van der Waals surface area contributed by atoms with Gasteiger partial charge < -0.3 is 24.4 Å². The van der Waals surface area contributed by atoms with Crippen LogP contribution in [0.15, 0.2) is 22.9 Å². The first-order chi connectivity index (χ1) is 12.5. The molecular weight excluding hydrogens is 338 g/mol. The molecule has 2 aromatic rings. The lowest BCUT2D eigenvalue weighted by atomic mass is 9.75. The van der Waals surface area contributed by atoms with Crippen molar-refractivity contribution in [1.29, 1.82) is 0 Å². The van der Waals surface area contributed by atoms with Crippen LogP contribution >= 0.6 is 0 Å². The average molecular weight is 361 g/mol. The van der Waals surface area contributed by atoms with Crippen molar-refractivity contribution >= 4 is 5.91 Å². The molecule has 0 aromatic carbocycles. The highest BCUT2D eigenvalue weighted by Gasteiger charge is 2.36. The summed E-state index contributed by atoms with van der Waals surface area (Å²) in [7, 11) is 3.10. The third kappa shape index (κ3) is 3.71. The Labute approximate surface area is 151 Å². The lowest BCUT2D eigenvalue weighted by Gasteiger charge is -2.38. The summed E-state index contributed by atoms with van der Waals surface area (Å²) in [5, 5.41) is 16.6. The molecule has 2 aromatic heterocycles. The average Bonchev–Trinajstić information content (AvgIpc) is 2.98. The first-order valence-electron chi connectivity index (χ1n) is 8.46. The van der Waals surface area contributed by atoms with Crippen molar-refractivity contribution in [3.8, 4) is 5.88 Å². The third-order valence-electron chi connectivity index (χ3n) is 4.72. The molecule has 3 rings (SSSR count). The predicted octanol–water partition coefficient (Wildman–Crippen LogP) is 1.78. The number of nitrogens with one attached hydrogen (secondary N) is 1. The van der Waals surface area contributed by atoms with Gasteiger partial charge in [0, 0.05) is 19.4 Å². The van der Waals surface area contributed by atoms with Gasteiger partial charge in [-0.3, -0.25) is 4.79 Å². The van der Waals surface area contributed by atoms with Crippen LogP contribution in [0.4, 0.5) is 0 Å². The number of aryl methyl sites for hydroxylation is 1. The maximum atomic E-state index is 12.8. The second kappa shape index (κ2) is 7.84. The van der Waals surface area contributed by atoms with Crippen LogP contribution < -0.4 is 10.1 Å². The van der Waals surface area contributed by atoms with Crippen molar-refractivity contribution in [2.75, 3.05) is 14.2 Å². The zero-order valence-electron chi connectivity index (χ0n) is 15.1. The lowest BCUT2D eigenvalue weighted by molar-refractivity contribution is 0.0233. The Hall–Kier alpha value is -2.45. The van der Waals surface area contributed by atoms with E-state index in [0.29, 0.717) is 30.0 Å². The van der Waals surface area contributed by atoms with E-state index in [1.165, 1.54) is 0 Å². The third-order valence-corrected chi connectivity index (χ3v) is 4.72. The molecule has 2 N–H and O–H groups in total. The number of aliphatic hydroxyl groups excluding tert-OH is 1. The van der Waals surface area contributed by atoms with E-state index in [0.717, 1.165) is 5.56 Å². The molecule has 0 aliphatic heterocycles. The number of pyridine rings is 1. The molecule has 2 heterocycles. The van der Waals surface area contributed by atoms with Crippen molar-refractivity contribution in [2.45, 2.75) is 38.5 Å². The summed E-state index contributed by atoms with van der Waals surface area (Å²) in [4.78, 5) is 17.0. The fraction of sp³-hybridized carbons (Fsp3) is 0.500. The van der Waals surface area contributed by atoms with Crippen LogP contribution in [0.25, 0.3) is 0 Å². The second-order valence-corrected chi connectivity index (χ2v) is 6.47. The van der Waals surface area contributed by atoms with E-state index >= 15 is 0 Å². The molecular formula is C18H23N3O5. The standard InChI is InChI=1S/C18H23N3O5/c1-10-14(9-24-2)17(21-26-10)18(23)20-16(12-6-13(22)7-12)11-4-5-15(25-3)19-8-11/h4-5,8,12-13,16,22H,6-7,9H2,1-3H3,(H,20,23). The van der Waals surface area contributed by atoms with Gasteiger partial charge in [-0.25, -0.2) is 4.98 Å². The predicted molar refractivity (Wildman–Crippen MR) is 91.7 cm³/mol. The number of nitrogens with zero attached hydrogens (tertiary/aromatic N) is 2. The Balaban J connectivity index is 1.82. The minimum Gasteiger partial charge on any atom is -0.481 e. The highest BCUT2D eigenvalue weighted by atomic mass is 16.5. The zero-order chi connectivity index (χ0) is 18.7. The molecule has 1 saturated carbocycles. The molecule has 1 fully saturated rings. The SMILES string of the molecule is COCc1c(C(=O)NC(c2ccc(OC)nc2)C2CC(O)C2)noc1C. The van der Waals surface area contributed by atoms with Gasteiger partial charge in [-0.2, -0.15) is 0 Å². The van der Waals surface area contributed by atoms with Crippen LogP contribution in [-0.4, -0.2) is 41.5 Å². The summed E-state index contributed by atoms with van der Waals surface area (Å²) in [5.41, 5.74) is 1.70. The second-order valence-electron chi connectivity index (χ2n) is 6.47. The van der Waals surface area contributed by atoms with Crippen molar-refractivity contribution in [3.05, 3.63) is 40.9 Å². The first-order valence-corrected chi connectivity index (χ1v) is 8.46. The van der Waals surface area contributed by atoms with Gasteiger partial charge in [0.05, 0.1) is 31.4 Å². The van der Waals surface area contributed by atoms with E-state index < -0.39 is 0 Å². The van der Waals surface area contributed by atoms with Gasteiger partial charge in [-0.1, -0.05) is 11.2 Å². The summed E-state index contributed by atoms with van der Waals surface area (Å²) in [5.74, 6) is 0.847. The molecule has 1 aliphatic carbocycles. The Kier molecular flexibility index (Phi) is 5.53. The number of rotatable bonds is 7. The molecule has 8 nitrogen and oxygen atoms in total. The van der Waals surface area contributed by atoms with Crippen LogP contribution in [0.1, 0.15) is 46.3 Å². The number of methoxy groups -OCH3 is 2. The fourth-order valence-corrected chi connectivity index (χ4v) is 3.17. The van der Waals surface area contributed by atoms with E-state index in [1.54, 1.807) is 33.4 Å². The minimum atomic E-state index is -0.337. The Morgan fingerprint density at radius 2 is 2.19 bits per heavy atom. The molecule has 26 heavy (non-hydrogen) atoms. The van der Waals surface area contributed by atoms with Crippen LogP contribution in [0.5, 0.6) is 5.88 Å². The van der Waals surface area contributed by atoms with Gasteiger partial charge in [0.15, 0.2) is 5.69 Å². The maximum absolute atomic E-state index is 12.8. The van der Waals surface area contributed by atoms with Crippen molar-refractivity contribution in [3.63, 3.8) is 0 Å². The monoisotopic (exact) mass is 361 g/mol. The van der Waals surface area contributed by atoms with Crippen LogP contribution in [-0.2, 0) is 11.3 Å². The van der Waals surface area contributed by atoms with E-state index in [2.05, 4.69) is 15.5 Å². The summed E-state index contributed by atoms with van der Waals surface area (Å²) < 4.78 is 15.4. The smallest absolute Gasteiger partial charge is 0.274 e. The van der Waals surface area contributed by atoms with Crippen LogP contribution in [0, 0.1) is 12.8 Å². The summed E-state index contributed by atoms with van der Waals surface area (Å²) in [6.07, 6.45) is 2.60. The van der Waals surface area contributed by atoms with E-state index in [4.69, 9.17) is 14.0 Å². The van der Waals surface area contributed by atoms with E-state index in [-0.39, 0.29) is 36.3 Å². The topological polar surface area (TPSA) is 107 Å². The number of ether oxygens (including phenoxy) is 2. The molecule has 0 radical (unpaired) electrons. The normalized spacial score (nSPS) is 20.3. The maximum Gasteiger partial charge on any atom is 0.274 e. The van der Waals surface area contributed by atoms with Gasteiger partial charge >= 0.3 is 0 Å². The lowest BCUT2D eigenvalue weighted by Crippen LogP contribution is -2.41. The first kappa shape index (κ1) is 18.3. The van der Waals surface area contributed by atoms with Gasteiger partial charge in [0.1, 0.15) is 5.76 Å². The van der Waals surface area contributed by atoms with E-state index in [1.807, 2.05) is 6.07 Å². The number of carbonyl (C=O) groups is 1. The Bertz CT molecular complexity index is 753. The quantitative estimate of drug-likeness (QED) is 0.774. The summed E-state index contributed by atoms with van der Waals surface area (Å²) in [6, 6.07) is 3.34. The molecule has 0 saturated heterocycles. The number of hydrogen-bond acceptors (Lipinski definition) is 7. The molecule has 1 atom stereocenters. The van der Waals surface area contributed by atoms with Crippen molar-refractivity contribution in [1.82, 2.24) is 15.5 Å². The molecule has 140 valence electrons. The molecule has 8 heteroatoms. The molecule has 0 bridgehead atoms. The number of aromatic nitrogens is 2. The number of amides is 1.